The van der Waals surface area contributed by atoms with Crippen LogP contribution in [0.3, 0.4) is 0 Å². The van der Waals surface area contributed by atoms with Gasteiger partial charge in [-0.05, 0) is 36.9 Å². The maximum Gasteiger partial charge on any atom is 0.317 e. The molecule has 1 N–H and O–H groups in total. The molecule has 0 aliphatic heterocycles. The molecule has 1 heterocycles. The minimum atomic E-state index is -1.40. The van der Waals surface area contributed by atoms with Crippen LogP contribution >= 0.6 is 11.3 Å². The molecule has 168 valence electrons. The second kappa shape index (κ2) is 10.3. The number of carboxylic acid groups (broad SMARTS) is 1. The quantitative estimate of drug-likeness (QED) is 0.268. The summed E-state index contributed by atoms with van der Waals surface area (Å²) in [6, 6.07) is 14.8. The van der Waals surface area contributed by atoms with Crippen LogP contribution < -0.4 is 9.47 Å². The van der Waals surface area contributed by atoms with E-state index in [0.29, 0.717) is 18.1 Å². The Kier molecular flexibility index (Phi) is 7.48. The minimum Gasteiger partial charge on any atom is -0.493 e. The molecule has 0 saturated carbocycles. The summed E-state index contributed by atoms with van der Waals surface area (Å²) < 4.78 is 17.2. The first-order valence-electron chi connectivity index (χ1n) is 10.0. The average molecular weight is 457 g/mol. The van der Waals surface area contributed by atoms with Gasteiger partial charge in [-0.15, -0.1) is 11.3 Å². The zero-order chi connectivity index (χ0) is 23.3. The molecule has 0 aliphatic carbocycles. The third-order valence-corrected chi connectivity index (χ3v) is 5.73. The summed E-state index contributed by atoms with van der Waals surface area (Å²) in [7, 11) is 1.53. The Hall–Kier alpha value is -3.39. The van der Waals surface area contributed by atoms with E-state index in [1.807, 2.05) is 30.3 Å². The molecular weight excluding hydrogens is 432 g/mol. The zero-order valence-electron chi connectivity index (χ0n) is 18.0. The topological polar surface area (TPSA) is 99.1 Å². The Morgan fingerprint density at radius 3 is 2.38 bits per heavy atom. The number of fused-ring (bicyclic) bond motifs is 1. The Bertz CT molecular complexity index is 1120. The highest BCUT2D eigenvalue weighted by Crippen LogP contribution is 2.38. The summed E-state index contributed by atoms with van der Waals surface area (Å²) in [5.74, 6) is -3.04. The minimum absolute atomic E-state index is 0.272. The van der Waals surface area contributed by atoms with E-state index in [0.717, 1.165) is 27.0 Å². The first-order chi connectivity index (χ1) is 15.3. The normalized spacial score (nSPS) is 11.9. The molecule has 7 nitrogen and oxygen atoms in total. The number of aliphatic carboxylic acids is 1. The summed E-state index contributed by atoms with van der Waals surface area (Å²) in [4.78, 5) is 36.9. The lowest BCUT2D eigenvalue weighted by Gasteiger charge is -2.14. The van der Waals surface area contributed by atoms with Crippen molar-refractivity contribution in [2.24, 2.45) is 5.92 Å². The van der Waals surface area contributed by atoms with E-state index < -0.39 is 36.2 Å². The van der Waals surface area contributed by atoms with Gasteiger partial charge in [0.15, 0.2) is 17.3 Å². The van der Waals surface area contributed by atoms with Gasteiger partial charge in [-0.2, -0.15) is 0 Å². The molecule has 1 atom stereocenters. The third-order valence-electron chi connectivity index (χ3n) is 4.61. The molecule has 8 heteroatoms. The second-order valence-electron chi connectivity index (χ2n) is 7.43. The number of esters is 1. The van der Waals surface area contributed by atoms with Crippen LogP contribution in [0, 0.1) is 5.92 Å². The number of hydrogen-bond acceptors (Lipinski definition) is 7. The van der Waals surface area contributed by atoms with E-state index in [2.05, 4.69) is 0 Å². The third kappa shape index (κ3) is 5.64. The van der Waals surface area contributed by atoms with Crippen molar-refractivity contribution in [2.75, 3.05) is 7.11 Å². The van der Waals surface area contributed by atoms with E-state index in [4.69, 9.17) is 14.2 Å². The maximum atomic E-state index is 13.0. The molecule has 0 aliphatic rings. The summed E-state index contributed by atoms with van der Waals surface area (Å²) in [5, 5.41) is 9.90. The van der Waals surface area contributed by atoms with Gasteiger partial charge in [-0.25, -0.2) is 0 Å². The van der Waals surface area contributed by atoms with Gasteiger partial charge in [0.2, 0.25) is 0 Å². The Labute approximate surface area is 189 Å². The number of methoxy groups -OCH3 is 1. The van der Waals surface area contributed by atoms with Crippen LogP contribution in [0.25, 0.3) is 10.1 Å². The van der Waals surface area contributed by atoms with Crippen LogP contribution in [0.2, 0.25) is 0 Å². The molecule has 0 fully saturated rings. The largest absolute Gasteiger partial charge is 0.493 e. The molecule has 1 unspecified atom stereocenters. The monoisotopic (exact) mass is 456 g/mol. The molecule has 0 spiro atoms. The first-order valence-corrected chi connectivity index (χ1v) is 10.8. The van der Waals surface area contributed by atoms with Gasteiger partial charge >= 0.3 is 11.9 Å². The van der Waals surface area contributed by atoms with Crippen LogP contribution in [0.15, 0.2) is 48.5 Å². The van der Waals surface area contributed by atoms with Crippen LogP contribution in [0.5, 0.6) is 11.5 Å². The summed E-state index contributed by atoms with van der Waals surface area (Å²) in [6.45, 7) is 3.63. The fraction of sp³-hybridized carbons (Fsp3) is 0.292. The number of ketones is 1. The number of hydrogen-bond donors (Lipinski definition) is 1. The first kappa shape index (κ1) is 23.3. The second-order valence-corrected chi connectivity index (χ2v) is 8.51. The van der Waals surface area contributed by atoms with Crippen LogP contribution in [0.1, 0.15) is 35.5 Å². The molecule has 32 heavy (non-hydrogen) atoms. The van der Waals surface area contributed by atoms with Gasteiger partial charge in [0, 0.05) is 10.8 Å². The van der Waals surface area contributed by atoms with Gasteiger partial charge in [0.05, 0.1) is 24.5 Å². The van der Waals surface area contributed by atoms with Crippen LogP contribution in [-0.4, -0.2) is 36.0 Å². The summed E-state index contributed by atoms with van der Waals surface area (Å²) in [6.07, 6.45) is -1.09. The highest BCUT2D eigenvalue weighted by molar-refractivity contribution is 7.20. The van der Waals surface area contributed by atoms with Crippen molar-refractivity contribution in [2.45, 2.75) is 33.0 Å². The lowest BCUT2D eigenvalue weighted by atomic mass is 9.99. The van der Waals surface area contributed by atoms with Gasteiger partial charge in [0.1, 0.15) is 12.5 Å². The highest BCUT2D eigenvalue weighted by atomic mass is 32.1. The van der Waals surface area contributed by atoms with E-state index in [9.17, 15) is 19.5 Å². The lowest BCUT2D eigenvalue weighted by Crippen LogP contribution is -2.30. The highest BCUT2D eigenvalue weighted by Gasteiger charge is 2.33. The molecule has 0 amide bonds. The van der Waals surface area contributed by atoms with E-state index in [-0.39, 0.29) is 4.88 Å². The van der Waals surface area contributed by atoms with Gasteiger partial charge in [-0.1, -0.05) is 30.3 Å². The number of Topliss-reactive ketones (excluding diaryl/α,β-unsaturated/α-hetero) is 1. The summed E-state index contributed by atoms with van der Waals surface area (Å²) in [5.41, 5.74) is 0.996. The van der Waals surface area contributed by atoms with Crippen molar-refractivity contribution in [3.63, 3.8) is 0 Å². The van der Waals surface area contributed by atoms with Crippen LogP contribution in [-0.2, 0) is 20.9 Å². The fourth-order valence-electron chi connectivity index (χ4n) is 3.12. The van der Waals surface area contributed by atoms with Crippen molar-refractivity contribution >= 4 is 39.1 Å². The van der Waals surface area contributed by atoms with Gasteiger partial charge in [-0.3, -0.25) is 14.4 Å². The number of ether oxygens (including phenoxy) is 3. The standard InChI is InChI=1S/C24H24O7S/c1-14(2)31-24(28)17(11-22(25)26)23(27)21-10-16-9-19(18(29-3)12-20(16)32-21)30-13-15-7-5-4-6-8-15/h4-10,12,14,17H,11,13H2,1-3H3,(H,25,26). The molecule has 0 bridgehead atoms. The van der Waals surface area contributed by atoms with Crippen molar-refractivity contribution in [1.29, 1.82) is 0 Å². The van der Waals surface area contributed by atoms with Crippen molar-refractivity contribution in [3.05, 3.63) is 59.0 Å². The van der Waals surface area contributed by atoms with E-state index in [1.54, 1.807) is 32.0 Å². The Morgan fingerprint density at radius 2 is 1.75 bits per heavy atom. The molecule has 0 saturated heterocycles. The van der Waals surface area contributed by atoms with E-state index in [1.165, 1.54) is 7.11 Å². The molecule has 2 aromatic carbocycles. The van der Waals surface area contributed by atoms with Crippen molar-refractivity contribution in [3.8, 4) is 11.5 Å². The average Bonchev–Trinajstić information content (AvgIpc) is 3.17. The number of rotatable bonds is 10. The molecule has 1 aromatic heterocycles. The lowest BCUT2D eigenvalue weighted by molar-refractivity contribution is -0.154. The fourth-order valence-corrected chi connectivity index (χ4v) is 4.19. The van der Waals surface area contributed by atoms with Gasteiger partial charge in [0.25, 0.3) is 0 Å². The number of carbonyl (C=O) groups is 3. The van der Waals surface area contributed by atoms with Crippen LogP contribution in [0.4, 0.5) is 0 Å². The number of thiophene rings is 1. The maximum absolute atomic E-state index is 13.0. The molecular formula is C24H24O7S. The number of carbonyl (C=O) groups excluding carboxylic acids is 2. The van der Waals surface area contributed by atoms with Crippen molar-refractivity contribution in [1.82, 2.24) is 0 Å². The Morgan fingerprint density at radius 1 is 1.03 bits per heavy atom. The smallest absolute Gasteiger partial charge is 0.317 e. The Balaban J connectivity index is 1.89. The molecule has 3 rings (SSSR count). The summed E-state index contributed by atoms with van der Waals surface area (Å²) >= 11 is 1.16. The zero-order valence-corrected chi connectivity index (χ0v) is 18.8. The SMILES string of the molecule is COc1cc2sc(C(=O)C(CC(=O)O)C(=O)OC(C)C)cc2cc1OCc1ccccc1. The number of benzene rings is 2. The van der Waals surface area contributed by atoms with Gasteiger partial charge < -0.3 is 19.3 Å². The number of carboxylic acids is 1. The molecule has 0 radical (unpaired) electrons. The van der Waals surface area contributed by atoms with E-state index >= 15 is 0 Å². The predicted octanol–water partition coefficient (Wildman–Crippen LogP) is 4.71. The van der Waals surface area contributed by atoms with Crippen molar-refractivity contribution < 1.29 is 33.7 Å². The molecule has 3 aromatic rings. The predicted molar refractivity (Wildman–Crippen MR) is 120 cm³/mol.